The van der Waals surface area contributed by atoms with Crippen LogP contribution in [0.15, 0.2) is 48.5 Å². The lowest BCUT2D eigenvalue weighted by molar-refractivity contribution is -0.154. The van der Waals surface area contributed by atoms with Gasteiger partial charge in [0.25, 0.3) is 0 Å². The van der Waals surface area contributed by atoms with Crippen LogP contribution in [0, 0.1) is 0 Å². The Morgan fingerprint density at radius 1 is 1.06 bits per heavy atom. The van der Waals surface area contributed by atoms with E-state index in [1.807, 2.05) is 24.3 Å². The number of esters is 2. The average molecular weight is 441 g/mol. The minimum absolute atomic E-state index is 0.278. The van der Waals surface area contributed by atoms with Gasteiger partial charge in [-0.25, -0.2) is 9.59 Å². The third-order valence-electron chi connectivity index (χ3n) is 5.65. The number of halogens is 1. The zero-order valence-corrected chi connectivity index (χ0v) is 17.8. The smallest absolute Gasteiger partial charge is 0.337 e. The van der Waals surface area contributed by atoms with Crippen molar-refractivity contribution in [2.45, 2.75) is 18.5 Å². The number of carbonyl (C=O) groups is 3. The molecule has 1 aliphatic heterocycles. The number of ether oxygens (including phenoxy) is 2. The molecule has 1 amide bonds. The molecular weight excluding hydrogens is 420 g/mol. The summed E-state index contributed by atoms with van der Waals surface area (Å²) in [5.41, 5.74) is 3.79. The lowest BCUT2D eigenvalue weighted by Crippen LogP contribution is -2.52. The van der Waals surface area contributed by atoms with Crippen molar-refractivity contribution >= 4 is 40.3 Å². The Kier molecular flexibility index (Phi) is 5.69. The van der Waals surface area contributed by atoms with E-state index in [4.69, 9.17) is 21.1 Å². The van der Waals surface area contributed by atoms with Crippen LogP contribution in [0.4, 0.5) is 0 Å². The van der Waals surface area contributed by atoms with Crippen molar-refractivity contribution in [2.75, 3.05) is 20.1 Å². The quantitative estimate of drug-likeness (QED) is 0.497. The van der Waals surface area contributed by atoms with E-state index in [1.165, 1.54) is 19.1 Å². The van der Waals surface area contributed by atoms with Gasteiger partial charge in [0.05, 0.1) is 25.8 Å². The van der Waals surface area contributed by atoms with Crippen LogP contribution in [0.2, 0.25) is 0 Å². The van der Waals surface area contributed by atoms with E-state index in [-0.39, 0.29) is 11.8 Å². The largest absolute Gasteiger partial charge is 0.467 e. The molecule has 0 saturated heterocycles. The number of aromatic amines is 1. The zero-order valence-electron chi connectivity index (χ0n) is 17.1. The molecule has 0 radical (unpaired) electrons. The molecule has 4 rings (SSSR count). The second-order valence-corrected chi connectivity index (χ2v) is 7.52. The van der Waals surface area contributed by atoms with Crippen LogP contribution in [0.1, 0.15) is 33.2 Å². The Morgan fingerprint density at radius 3 is 2.42 bits per heavy atom. The zero-order chi connectivity index (χ0) is 22.1. The molecule has 3 aromatic rings. The molecule has 2 aromatic carbocycles. The summed E-state index contributed by atoms with van der Waals surface area (Å²) < 4.78 is 9.79. The molecule has 0 aliphatic carbocycles. The van der Waals surface area contributed by atoms with Crippen molar-refractivity contribution < 1.29 is 23.9 Å². The van der Waals surface area contributed by atoms with Gasteiger partial charge in [0.15, 0.2) is 0 Å². The van der Waals surface area contributed by atoms with Crippen molar-refractivity contribution in [3.63, 3.8) is 0 Å². The number of nitrogens with one attached hydrogen (secondary N) is 1. The predicted molar refractivity (Wildman–Crippen MR) is 115 cm³/mol. The van der Waals surface area contributed by atoms with Gasteiger partial charge in [-0.2, -0.15) is 0 Å². The van der Waals surface area contributed by atoms with Crippen molar-refractivity contribution in [2.24, 2.45) is 0 Å². The Hall–Kier alpha value is -3.32. The molecule has 1 aromatic heterocycles. The summed E-state index contributed by atoms with van der Waals surface area (Å²) in [6.07, 6.45) is 0.311. The number of alkyl halides is 1. The summed E-state index contributed by atoms with van der Waals surface area (Å²) in [5.74, 6) is -1.63. The van der Waals surface area contributed by atoms with Gasteiger partial charge < -0.3 is 19.4 Å². The van der Waals surface area contributed by atoms with E-state index in [2.05, 4.69) is 4.98 Å². The maximum atomic E-state index is 12.9. The van der Waals surface area contributed by atoms with E-state index in [1.54, 1.807) is 24.3 Å². The normalized spacial score (nSPS) is 17.8. The molecule has 1 aliphatic rings. The standard InChI is InChI=1S/C23H21ClN2O5/c1-30-22(28)14-9-7-13(8-10-14)21-20-16(15-5-3-4-6-17(15)25-20)11-18(23(29)31-2)26(21)19(27)12-24/h3-10,18,21,25H,11-12H2,1-2H3/t18-,21-/m0/s1. The van der Waals surface area contributed by atoms with Gasteiger partial charge in [-0.1, -0.05) is 30.3 Å². The van der Waals surface area contributed by atoms with Crippen LogP contribution in [0.5, 0.6) is 0 Å². The number of benzene rings is 2. The number of para-hydroxylation sites is 1. The van der Waals surface area contributed by atoms with Gasteiger partial charge in [0.2, 0.25) is 5.91 Å². The SMILES string of the molecule is COC(=O)c1ccc([C@H]2c3[nH]c4ccccc4c3C[C@@H](C(=O)OC)N2C(=O)CCl)cc1. The average Bonchev–Trinajstić information content (AvgIpc) is 3.19. The van der Waals surface area contributed by atoms with E-state index in [0.717, 1.165) is 27.7 Å². The van der Waals surface area contributed by atoms with E-state index < -0.39 is 24.0 Å². The number of fused-ring (bicyclic) bond motifs is 3. The second-order valence-electron chi connectivity index (χ2n) is 7.26. The molecule has 0 unspecified atom stereocenters. The number of nitrogens with zero attached hydrogens (tertiary/aromatic N) is 1. The number of methoxy groups -OCH3 is 2. The monoisotopic (exact) mass is 440 g/mol. The van der Waals surface area contributed by atoms with Crippen LogP contribution in [-0.2, 0) is 25.5 Å². The first-order valence-corrected chi connectivity index (χ1v) is 10.3. The molecule has 0 spiro atoms. The maximum Gasteiger partial charge on any atom is 0.337 e. The first kappa shape index (κ1) is 20.9. The number of hydrogen-bond acceptors (Lipinski definition) is 5. The number of hydrogen-bond donors (Lipinski definition) is 1. The summed E-state index contributed by atoms with van der Waals surface area (Å²) in [6, 6.07) is 13.1. The molecule has 8 heteroatoms. The summed E-state index contributed by atoms with van der Waals surface area (Å²) in [6.45, 7) is 0. The van der Waals surface area contributed by atoms with Gasteiger partial charge >= 0.3 is 11.9 Å². The molecule has 2 heterocycles. The highest BCUT2D eigenvalue weighted by Gasteiger charge is 2.43. The van der Waals surface area contributed by atoms with Crippen LogP contribution in [-0.4, -0.2) is 53.9 Å². The minimum atomic E-state index is -0.826. The predicted octanol–water partition coefficient (Wildman–Crippen LogP) is 3.21. The Balaban J connectivity index is 1.92. The van der Waals surface area contributed by atoms with Crippen LogP contribution >= 0.6 is 11.6 Å². The van der Waals surface area contributed by atoms with Gasteiger partial charge in [-0.3, -0.25) is 4.79 Å². The molecule has 0 fully saturated rings. The van der Waals surface area contributed by atoms with Crippen molar-refractivity contribution in [3.8, 4) is 0 Å². The van der Waals surface area contributed by atoms with E-state index in [0.29, 0.717) is 12.0 Å². The lowest BCUT2D eigenvalue weighted by Gasteiger charge is -2.40. The number of carbonyl (C=O) groups excluding carboxylic acids is 3. The molecule has 160 valence electrons. The van der Waals surface area contributed by atoms with Crippen LogP contribution in [0.25, 0.3) is 10.9 Å². The third-order valence-corrected chi connectivity index (χ3v) is 5.88. The fraction of sp³-hybridized carbons (Fsp3) is 0.261. The summed E-state index contributed by atoms with van der Waals surface area (Å²) in [4.78, 5) is 42.4. The molecule has 2 atom stereocenters. The number of amides is 1. The topological polar surface area (TPSA) is 88.7 Å². The van der Waals surface area contributed by atoms with Crippen LogP contribution < -0.4 is 0 Å². The summed E-state index contributed by atoms with van der Waals surface area (Å²) in [7, 11) is 2.62. The molecule has 1 N–H and O–H groups in total. The van der Waals surface area contributed by atoms with E-state index in [9.17, 15) is 14.4 Å². The molecule has 31 heavy (non-hydrogen) atoms. The molecule has 0 saturated carbocycles. The van der Waals surface area contributed by atoms with Crippen molar-refractivity contribution in [3.05, 3.63) is 70.9 Å². The lowest BCUT2D eigenvalue weighted by atomic mass is 9.87. The highest BCUT2D eigenvalue weighted by atomic mass is 35.5. The highest BCUT2D eigenvalue weighted by molar-refractivity contribution is 6.27. The number of rotatable bonds is 4. The van der Waals surface area contributed by atoms with Crippen LogP contribution in [0.3, 0.4) is 0 Å². The first-order valence-electron chi connectivity index (χ1n) is 9.72. The molecular formula is C23H21ClN2O5. The fourth-order valence-corrected chi connectivity index (χ4v) is 4.39. The molecule has 7 nitrogen and oxygen atoms in total. The van der Waals surface area contributed by atoms with Crippen molar-refractivity contribution in [1.29, 1.82) is 0 Å². The Labute approximate surface area is 183 Å². The van der Waals surface area contributed by atoms with Crippen molar-refractivity contribution in [1.82, 2.24) is 9.88 Å². The molecule has 0 bridgehead atoms. The van der Waals surface area contributed by atoms with Gasteiger partial charge in [0.1, 0.15) is 11.9 Å². The van der Waals surface area contributed by atoms with E-state index >= 15 is 0 Å². The summed E-state index contributed by atoms with van der Waals surface area (Å²) in [5, 5.41) is 0.987. The summed E-state index contributed by atoms with van der Waals surface area (Å²) >= 11 is 5.93. The maximum absolute atomic E-state index is 12.9. The van der Waals surface area contributed by atoms with Gasteiger partial charge in [-0.15, -0.1) is 11.6 Å². The Morgan fingerprint density at radius 2 is 1.77 bits per heavy atom. The highest BCUT2D eigenvalue weighted by Crippen LogP contribution is 2.41. The third kappa shape index (κ3) is 3.55. The second kappa shape index (κ2) is 8.43. The number of aromatic nitrogens is 1. The van der Waals surface area contributed by atoms with Gasteiger partial charge in [0, 0.05) is 23.0 Å². The number of H-pyrrole nitrogens is 1. The first-order chi connectivity index (χ1) is 15.0. The minimum Gasteiger partial charge on any atom is -0.467 e. The van der Waals surface area contributed by atoms with Gasteiger partial charge in [-0.05, 0) is 29.3 Å². The Bertz CT molecular complexity index is 1150. The fourth-order valence-electron chi connectivity index (χ4n) is 4.25.